The molecule has 0 aliphatic carbocycles. The van der Waals surface area contributed by atoms with Crippen LogP contribution in [0.4, 0.5) is 4.79 Å². The number of nitrogens with one attached hydrogen (secondary N) is 2. The predicted octanol–water partition coefficient (Wildman–Crippen LogP) is -1.30. The van der Waals surface area contributed by atoms with Crippen molar-refractivity contribution in [3.8, 4) is 0 Å². The Balaban J connectivity index is 2.24. The van der Waals surface area contributed by atoms with Gasteiger partial charge in [-0.1, -0.05) is 0 Å². The highest BCUT2D eigenvalue weighted by Crippen LogP contribution is 2.25. The lowest BCUT2D eigenvalue weighted by molar-refractivity contribution is -0.128. The maximum absolute atomic E-state index is 11.6. The number of ether oxygens (including phenoxy) is 1. The fourth-order valence-electron chi connectivity index (χ4n) is 1.97. The molecule has 0 aromatic carbocycles. The highest BCUT2D eigenvalue weighted by molar-refractivity contribution is 6.07. The Morgan fingerprint density at radius 3 is 2.79 bits per heavy atom. The molecule has 2 saturated heterocycles. The summed E-state index contributed by atoms with van der Waals surface area (Å²) in [5.41, 5.74) is 4.50. The van der Waals surface area contributed by atoms with Crippen LogP contribution in [0.15, 0.2) is 0 Å². The van der Waals surface area contributed by atoms with Gasteiger partial charge in [0, 0.05) is 13.2 Å². The van der Waals surface area contributed by atoms with Crippen LogP contribution >= 0.6 is 0 Å². The van der Waals surface area contributed by atoms with Crippen LogP contribution in [-0.4, -0.2) is 36.7 Å². The summed E-state index contributed by atoms with van der Waals surface area (Å²) in [6, 6.07) is -0.490. The summed E-state index contributed by atoms with van der Waals surface area (Å²) in [6.45, 7) is 0.685. The maximum atomic E-state index is 11.6. The molecule has 2 rings (SSSR count). The molecule has 6 nitrogen and oxygen atoms in total. The van der Waals surface area contributed by atoms with Gasteiger partial charge in [-0.3, -0.25) is 10.1 Å². The molecule has 0 radical (unpaired) electrons. The zero-order chi connectivity index (χ0) is 10.2. The zero-order valence-corrected chi connectivity index (χ0v) is 7.71. The molecule has 2 heterocycles. The first-order valence-electron chi connectivity index (χ1n) is 4.64. The fraction of sp³-hybridized carbons (Fsp3) is 0.750. The van der Waals surface area contributed by atoms with Crippen molar-refractivity contribution in [1.82, 2.24) is 10.6 Å². The van der Waals surface area contributed by atoms with Crippen LogP contribution in [0, 0.1) is 0 Å². The lowest BCUT2D eigenvalue weighted by atomic mass is 9.90. The average Bonchev–Trinajstić information content (AvgIpc) is 2.73. The predicted molar refractivity (Wildman–Crippen MR) is 47.4 cm³/mol. The van der Waals surface area contributed by atoms with Crippen LogP contribution < -0.4 is 16.4 Å². The number of carbonyl (C=O) groups excluding carboxylic acids is 2. The maximum Gasteiger partial charge on any atom is 0.322 e. The van der Waals surface area contributed by atoms with Gasteiger partial charge in [-0.05, 0) is 12.8 Å². The Bertz CT molecular complexity index is 275. The van der Waals surface area contributed by atoms with Crippen molar-refractivity contribution >= 4 is 11.9 Å². The third-order valence-electron chi connectivity index (χ3n) is 2.77. The molecule has 3 amide bonds. The minimum absolute atomic E-state index is 0.0647. The Labute approximate surface area is 81.2 Å². The molecule has 0 saturated carbocycles. The number of carbonyl (C=O) groups is 2. The van der Waals surface area contributed by atoms with Crippen molar-refractivity contribution in [2.45, 2.75) is 24.5 Å². The van der Waals surface area contributed by atoms with Crippen LogP contribution in [-0.2, 0) is 9.53 Å². The molecule has 0 spiro atoms. The van der Waals surface area contributed by atoms with Gasteiger partial charge in [0.05, 0.1) is 6.10 Å². The average molecular weight is 199 g/mol. The second-order valence-corrected chi connectivity index (χ2v) is 3.59. The Morgan fingerprint density at radius 1 is 1.57 bits per heavy atom. The van der Waals surface area contributed by atoms with E-state index in [0.717, 1.165) is 12.8 Å². The smallest absolute Gasteiger partial charge is 0.322 e. The third kappa shape index (κ3) is 1.18. The molecule has 0 aromatic rings. The van der Waals surface area contributed by atoms with Crippen molar-refractivity contribution in [3.05, 3.63) is 0 Å². The van der Waals surface area contributed by atoms with E-state index < -0.39 is 11.6 Å². The quantitative estimate of drug-likeness (QED) is 0.482. The van der Waals surface area contributed by atoms with Crippen LogP contribution in [0.3, 0.4) is 0 Å². The molecule has 2 fully saturated rings. The zero-order valence-electron chi connectivity index (χ0n) is 7.71. The van der Waals surface area contributed by atoms with Crippen molar-refractivity contribution in [3.63, 3.8) is 0 Å². The highest BCUT2D eigenvalue weighted by atomic mass is 16.5. The number of hydrogen-bond acceptors (Lipinski definition) is 4. The second-order valence-electron chi connectivity index (χ2n) is 3.59. The largest absolute Gasteiger partial charge is 0.375 e. The van der Waals surface area contributed by atoms with Crippen molar-refractivity contribution < 1.29 is 14.3 Å². The van der Waals surface area contributed by atoms with Gasteiger partial charge in [-0.2, -0.15) is 0 Å². The number of amides is 3. The summed E-state index contributed by atoms with van der Waals surface area (Å²) in [7, 11) is 0. The van der Waals surface area contributed by atoms with E-state index in [1.54, 1.807) is 0 Å². The van der Waals surface area contributed by atoms with E-state index in [4.69, 9.17) is 10.5 Å². The lowest BCUT2D eigenvalue weighted by Crippen LogP contribution is -2.61. The molecule has 0 aromatic heterocycles. The van der Waals surface area contributed by atoms with E-state index in [1.807, 2.05) is 0 Å². The van der Waals surface area contributed by atoms with E-state index in [9.17, 15) is 9.59 Å². The van der Waals surface area contributed by atoms with Gasteiger partial charge in [-0.15, -0.1) is 0 Å². The molecule has 2 unspecified atom stereocenters. The van der Waals surface area contributed by atoms with Crippen LogP contribution in [0.25, 0.3) is 0 Å². The van der Waals surface area contributed by atoms with E-state index in [-0.39, 0.29) is 18.6 Å². The summed E-state index contributed by atoms with van der Waals surface area (Å²) in [5.74, 6) is -0.378. The molecular weight excluding hydrogens is 186 g/mol. The molecule has 78 valence electrons. The van der Waals surface area contributed by atoms with Crippen LogP contribution in [0.1, 0.15) is 12.8 Å². The highest BCUT2D eigenvalue weighted by Gasteiger charge is 2.52. The summed E-state index contributed by atoms with van der Waals surface area (Å²) in [4.78, 5) is 22.6. The number of urea groups is 1. The van der Waals surface area contributed by atoms with Crippen molar-refractivity contribution in [2.24, 2.45) is 5.73 Å². The lowest BCUT2D eigenvalue weighted by Gasteiger charge is -2.29. The first-order chi connectivity index (χ1) is 6.69. The first-order valence-corrected chi connectivity index (χ1v) is 4.64. The Hall–Kier alpha value is -1.14. The minimum atomic E-state index is -1.05. The topological polar surface area (TPSA) is 93.4 Å². The molecular formula is C8H13N3O3. The number of imide groups is 1. The van der Waals surface area contributed by atoms with Gasteiger partial charge < -0.3 is 15.8 Å². The van der Waals surface area contributed by atoms with E-state index in [2.05, 4.69) is 10.6 Å². The molecule has 4 N–H and O–H groups in total. The van der Waals surface area contributed by atoms with Gasteiger partial charge in [0.15, 0.2) is 5.54 Å². The molecule has 14 heavy (non-hydrogen) atoms. The molecule has 6 heteroatoms. The van der Waals surface area contributed by atoms with E-state index in [1.165, 1.54) is 0 Å². The Morgan fingerprint density at radius 2 is 2.36 bits per heavy atom. The van der Waals surface area contributed by atoms with Crippen LogP contribution in [0.2, 0.25) is 0 Å². The fourth-order valence-corrected chi connectivity index (χ4v) is 1.97. The molecule has 2 atom stereocenters. The van der Waals surface area contributed by atoms with Gasteiger partial charge in [-0.25, -0.2) is 4.79 Å². The third-order valence-corrected chi connectivity index (χ3v) is 2.77. The first kappa shape index (κ1) is 9.42. The molecule has 2 aliphatic heterocycles. The van der Waals surface area contributed by atoms with Crippen LogP contribution in [0.5, 0.6) is 0 Å². The minimum Gasteiger partial charge on any atom is -0.375 e. The number of hydrogen-bond donors (Lipinski definition) is 3. The summed E-state index contributed by atoms with van der Waals surface area (Å²) >= 11 is 0. The Kier molecular flexibility index (Phi) is 2.16. The monoisotopic (exact) mass is 199 g/mol. The number of nitrogens with two attached hydrogens (primary N) is 1. The molecule has 2 aliphatic rings. The van der Waals surface area contributed by atoms with Crippen molar-refractivity contribution in [2.75, 3.05) is 13.2 Å². The van der Waals surface area contributed by atoms with Gasteiger partial charge in [0.2, 0.25) is 0 Å². The molecule has 0 bridgehead atoms. The summed E-state index contributed by atoms with van der Waals surface area (Å²) in [5, 5.41) is 4.75. The van der Waals surface area contributed by atoms with Gasteiger partial charge in [0.1, 0.15) is 0 Å². The standard InChI is InChI=1S/C8H13N3O3/c9-4-8(5-2-1-3-14-5)6(12)10-7(13)11-8/h5H,1-4,9H2,(H2,10,11,12,13). The summed E-state index contributed by atoms with van der Waals surface area (Å²) < 4.78 is 5.39. The second kappa shape index (κ2) is 3.21. The summed E-state index contributed by atoms with van der Waals surface area (Å²) in [6.07, 6.45) is 1.36. The van der Waals surface area contributed by atoms with E-state index >= 15 is 0 Å². The van der Waals surface area contributed by atoms with Gasteiger partial charge >= 0.3 is 6.03 Å². The van der Waals surface area contributed by atoms with E-state index in [0.29, 0.717) is 6.61 Å². The normalized spacial score (nSPS) is 37.1. The van der Waals surface area contributed by atoms with Crippen molar-refractivity contribution in [1.29, 1.82) is 0 Å². The number of rotatable bonds is 2. The SMILES string of the molecule is NCC1(C2CCCO2)NC(=O)NC1=O. The van der Waals surface area contributed by atoms with Gasteiger partial charge in [0.25, 0.3) is 5.91 Å².